The molecule has 0 spiro atoms. The number of thioether (sulfide) groups is 1. The van der Waals surface area contributed by atoms with Crippen LogP contribution in [0, 0.1) is 5.92 Å². The first-order valence-electron chi connectivity index (χ1n) is 5.94. The normalized spacial score (nSPS) is 33.1. The Balaban J connectivity index is 2.05. The summed E-state index contributed by atoms with van der Waals surface area (Å²) in [6, 6.07) is 9.47. The highest BCUT2D eigenvalue weighted by atomic mass is 32.2. The predicted octanol–water partition coefficient (Wildman–Crippen LogP) is 2.26. The maximum Gasteiger partial charge on any atom is 0.0414 e. The predicted molar refractivity (Wildman–Crippen MR) is 71.0 cm³/mol. The average Bonchev–Trinajstić information content (AvgIpc) is 2.36. The fraction of sp³-hybridized carbons (Fsp3) is 0.538. The second-order valence-electron chi connectivity index (χ2n) is 4.79. The van der Waals surface area contributed by atoms with Crippen molar-refractivity contribution >= 4 is 17.4 Å². The van der Waals surface area contributed by atoms with Crippen LogP contribution in [0.25, 0.3) is 0 Å². The van der Waals surface area contributed by atoms with E-state index < -0.39 is 0 Å². The lowest BCUT2D eigenvalue weighted by atomic mass is 9.81. The molecule has 3 heteroatoms. The molecule has 1 saturated heterocycles. The Kier molecular flexibility index (Phi) is 2.60. The second kappa shape index (κ2) is 3.97. The number of fused-ring (bicyclic) bond motifs is 2. The third-order valence-electron chi connectivity index (χ3n) is 4.00. The van der Waals surface area contributed by atoms with E-state index in [0.717, 1.165) is 0 Å². The summed E-state index contributed by atoms with van der Waals surface area (Å²) in [4.78, 5) is 2.45. The first-order chi connectivity index (χ1) is 7.79. The number of benzene rings is 1. The number of nitrogens with zero attached hydrogens (tertiary/aromatic N) is 1. The maximum absolute atomic E-state index is 6.42. The summed E-state index contributed by atoms with van der Waals surface area (Å²) in [5.74, 6) is 3.11. The van der Waals surface area contributed by atoms with Crippen LogP contribution in [0.5, 0.6) is 0 Å². The van der Waals surface area contributed by atoms with Crippen LogP contribution in [-0.4, -0.2) is 24.6 Å². The van der Waals surface area contributed by atoms with Crippen LogP contribution in [0.15, 0.2) is 24.3 Å². The molecule has 0 amide bonds. The first-order valence-corrected chi connectivity index (χ1v) is 7.09. The van der Waals surface area contributed by atoms with Gasteiger partial charge < -0.3 is 10.6 Å². The Morgan fingerprint density at radius 2 is 2.19 bits per heavy atom. The Morgan fingerprint density at radius 3 is 3.06 bits per heavy atom. The fourth-order valence-electron chi connectivity index (χ4n) is 3.07. The number of para-hydroxylation sites is 1. The Bertz CT molecular complexity index is 356. The van der Waals surface area contributed by atoms with Crippen LogP contribution in [0.2, 0.25) is 0 Å². The smallest absolute Gasteiger partial charge is 0.0414 e. The van der Waals surface area contributed by atoms with E-state index in [-0.39, 0.29) is 6.04 Å². The van der Waals surface area contributed by atoms with E-state index >= 15 is 0 Å². The molecule has 2 aliphatic heterocycles. The molecule has 1 fully saturated rings. The van der Waals surface area contributed by atoms with Gasteiger partial charge in [0.05, 0.1) is 0 Å². The third-order valence-corrected chi connectivity index (χ3v) is 5.14. The minimum absolute atomic E-state index is 0.227. The van der Waals surface area contributed by atoms with Crippen LogP contribution in [0.1, 0.15) is 18.0 Å². The summed E-state index contributed by atoms with van der Waals surface area (Å²) in [6.07, 6.45) is 1.27. The Morgan fingerprint density at radius 1 is 1.38 bits per heavy atom. The molecule has 1 aromatic carbocycles. The molecule has 0 bridgehead atoms. The summed E-state index contributed by atoms with van der Waals surface area (Å²) in [7, 11) is 2.22. The maximum atomic E-state index is 6.42. The summed E-state index contributed by atoms with van der Waals surface area (Å²) in [5.41, 5.74) is 9.09. The van der Waals surface area contributed by atoms with Crippen LogP contribution in [0.4, 0.5) is 5.69 Å². The monoisotopic (exact) mass is 234 g/mol. The topological polar surface area (TPSA) is 29.3 Å². The van der Waals surface area contributed by atoms with E-state index in [1.54, 1.807) is 0 Å². The van der Waals surface area contributed by atoms with E-state index in [1.165, 1.54) is 29.2 Å². The van der Waals surface area contributed by atoms with Gasteiger partial charge in [0, 0.05) is 30.7 Å². The Hall–Kier alpha value is -0.670. The molecule has 0 saturated carbocycles. The van der Waals surface area contributed by atoms with Crippen molar-refractivity contribution < 1.29 is 0 Å². The van der Waals surface area contributed by atoms with Gasteiger partial charge in [0.15, 0.2) is 0 Å². The van der Waals surface area contributed by atoms with E-state index in [2.05, 4.69) is 48.0 Å². The van der Waals surface area contributed by atoms with Gasteiger partial charge in [-0.25, -0.2) is 0 Å². The quantitative estimate of drug-likeness (QED) is 0.746. The zero-order chi connectivity index (χ0) is 11.1. The molecule has 2 nitrogen and oxygen atoms in total. The van der Waals surface area contributed by atoms with E-state index in [4.69, 9.17) is 5.73 Å². The largest absolute Gasteiger partial charge is 0.371 e. The van der Waals surface area contributed by atoms with Crippen molar-refractivity contribution in [1.29, 1.82) is 0 Å². The van der Waals surface area contributed by atoms with Crippen LogP contribution >= 0.6 is 11.8 Å². The molecule has 0 radical (unpaired) electrons. The molecule has 3 rings (SSSR count). The lowest BCUT2D eigenvalue weighted by molar-refractivity contribution is 0.347. The average molecular weight is 234 g/mol. The molecular weight excluding hydrogens is 216 g/mol. The SMILES string of the molecule is CN1c2ccccc2C(N)C2CSCCC21. The fourth-order valence-corrected chi connectivity index (χ4v) is 4.35. The molecule has 2 N–H and O–H groups in total. The van der Waals surface area contributed by atoms with E-state index in [0.29, 0.717) is 12.0 Å². The van der Waals surface area contributed by atoms with Gasteiger partial charge in [0.25, 0.3) is 0 Å². The molecule has 86 valence electrons. The minimum atomic E-state index is 0.227. The first kappa shape index (κ1) is 10.5. The number of hydrogen-bond donors (Lipinski definition) is 1. The van der Waals surface area contributed by atoms with Crippen LogP contribution < -0.4 is 10.6 Å². The molecule has 3 unspecified atom stereocenters. The van der Waals surface area contributed by atoms with Gasteiger partial charge in [-0.3, -0.25) is 0 Å². The van der Waals surface area contributed by atoms with Crippen LogP contribution in [-0.2, 0) is 0 Å². The molecule has 0 aliphatic carbocycles. The zero-order valence-electron chi connectivity index (χ0n) is 9.60. The van der Waals surface area contributed by atoms with E-state index in [9.17, 15) is 0 Å². The van der Waals surface area contributed by atoms with Gasteiger partial charge in [-0.2, -0.15) is 11.8 Å². The van der Waals surface area contributed by atoms with Crippen molar-refractivity contribution in [3.63, 3.8) is 0 Å². The highest BCUT2D eigenvalue weighted by molar-refractivity contribution is 7.99. The van der Waals surface area contributed by atoms with Gasteiger partial charge in [-0.15, -0.1) is 0 Å². The molecule has 16 heavy (non-hydrogen) atoms. The number of nitrogens with two attached hydrogens (primary N) is 1. The molecular formula is C13H18N2S. The van der Waals surface area contributed by atoms with E-state index in [1.807, 2.05) is 0 Å². The lowest BCUT2D eigenvalue weighted by Gasteiger charge is -2.47. The summed E-state index contributed by atoms with van der Waals surface area (Å²) in [6.45, 7) is 0. The third kappa shape index (κ3) is 1.45. The van der Waals surface area contributed by atoms with Crippen molar-refractivity contribution in [2.24, 2.45) is 11.7 Å². The number of hydrogen-bond acceptors (Lipinski definition) is 3. The molecule has 0 aromatic heterocycles. The molecule has 2 aliphatic rings. The van der Waals surface area contributed by atoms with Gasteiger partial charge in [-0.1, -0.05) is 18.2 Å². The molecule has 1 aromatic rings. The highest BCUT2D eigenvalue weighted by Gasteiger charge is 2.39. The van der Waals surface area contributed by atoms with Gasteiger partial charge in [-0.05, 0) is 29.6 Å². The van der Waals surface area contributed by atoms with Crippen LogP contribution in [0.3, 0.4) is 0 Å². The zero-order valence-corrected chi connectivity index (χ0v) is 10.4. The van der Waals surface area contributed by atoms with Crippen molar-refractivity contribution in [1.82, 2.24) is 0 Å². The van der Waals surface area contributed by atoms with Crippen molar-refractivity contribution in [3.05, 3.63) is 29.8 Å². The molecule has 3 atom stereocenters. The van der Waals surface area contributed by atoms with Gasteiger partial charge >= 0.3 is 0 Å². The minimum Gasteiger partial charge on any atom is -0.371 e. The van der Waals surface area contributed by atoms with Crippen molar-refractivity contribution in [2.45, 2.75) is 18.5 Å². The Labute approximate surface area is 101 Å². The van der Waals surface area contributed by atoms with Gasteiger partial charge in [0.2, 0.25) is 0 Å². The summed E-state index contributed by atoms with van der Waals surface area (Å²) < 4.78 is 0. The highest BCUT2D eigenvalue weighted by Crippen LogP contribution is 2.43. The summed E-state index contributed by atoms with van der Waals surface area (Å²) >= 11 is 2.05. The second-order valence-corrected chi connectivity index (χ2v) is 5.94. The van der Waals surface area contributed by atoms with Gasteiger partial charge in [0.1, 0.15) is 0 Å². The number of rotatable bonds is 0. The number of anilines is 1. The molecule has 2 heterocycles. The lowest BCUT2D eigenvalue weighted by Crippen LogP contribution is -2.50. The van der Waals surface area contributed by atoms with Crippen molar-refractivity contribution in [2.75, 3.05) is 23.5 Å². The van der Waals surface area contributed by atoms with Crippen molar-refractivity contribution in [3.8, 4) is 0 Å². The summed E-state index contributed by atoms with van der Waals surface area (Å²) in [5, 5.41) is 0. The standard InChI is InChI=1S/C13H18N2S/c1-15-11-5-3-2-4-9(11)13(14)10-8-16-7-6-12(10)15/h2-5,10,12-13H,6-8,14H2,1H3.